The Morgan fingerprint density at radius 3 is 2.50 bits per heavy atom. The SMILES string of the molecule is CNCc1cc(-c2n[nH]nc2-c2ccc(Cl)cc2)c[nH]1. The van der Waals surface area contributed by atoms with Crippen molar-refractivity contribution < 1.29 is 0 Å². The Hall–Kier alpha value is -2.11. The highest BCUT2D eigenvalue weighted by atomic mass is 35.5. The van der Waals surface area contributed by atoms with Crippen LogP contribution in [0.3, 0.4) is 0 Å². The lowest BCUT2D eigenvalue weighted by molar-refractivity contribution is 0.797. The number of halogens is 1. The Kier molecular flexibility index (Phi) is 3.54. The van der Waals surface area contributed by atoms with Crippen LogP contribution in [-0.4, -0.2) is 27.4 Å². The van der Waals surface area contributed by atoms with E-state index in [9.17, 15) is 0 Å². The Morgan fingerprint density at radius 1 is 1.10 bits per heavy atom. The summed E-state index contributed by atoms with van der Waals surface area (Å²) in [5, 5.41) is 15.0. The molecule has 0 radical (unpaired) electrons. The van der Waals surface area contributed by atoms with Crippen LogP contribution >= 0.6 is 11.6 Å². The predicted molar refractivity (Wildman–Crippen MR) is 79.4 cm³/mol. The minimum atomic E-state index is 0.705. The van der Waals surface area contributed by atoms with E-state index < -0.39 is 0 Å². The van der Waals surface area contributed by atoms with Gasteiger partial charge < -0.3 is 10.3 Å². The number of nitrogens with one attached hydrogen (secondary N) is 3. The second kappa shape index (κ2) is 5.48. The number of H-pyrrole nitrogens is 2. The van der Waals surface area contributed by atoms with Crippen molar-refractivity contribution in [2.24, 2.45) is 0 Å². The Morgan fingerprint density at radius 2 is 1.80 bits per heavy atom. The first-order valence-electron chi connectivity index (χ1n) is 6.27. The van der Waals surface area contributed by atoms with Gasteiger partial charge in [0.15, 0.2) is 0 Å². The largest absolute Gasteiger partial charge is 0.363 e. The van der Waals surface area contributed by atoms with Gasteiger partial charge in [0.25, 0.3) is 0 Å². The molecule has 0 unspecified atom stereocenters. The van der Waals surface area contributed by atoms with Gasteiger partial charge in [-0.3, -0.25) is 0 Å². The van der Waals surface area contributed by atoms with Gasteiger partial charge in [-0.25, -0.2) is 0 Å². The maximum absolute atomic E-state index is 5.91. The molecule has 3 rings (SSSR count). The molecule has 6 heteroatoms. The molecule has 2 heterocycles. The third-order valence-electron chi connectivity index (χ3n) is 3.05. The van der Waals surface area contributed by atoms with Crippen LogP contribution in [-0.2, 0) is 6.54 Å². The first-order valence-corrected chi connectivity index (χ1v) is 6.64. The zero-order valence-corrected chi connectivity index (χ0v) is 11.7. The average molecular weight is 288 g/mol. The maximum Gasteiger partial charge on any atom is 0.122 e. The molecule has 0 aliphatic rings. The zero-order chi connectivity index (χ0) is 13.9. The first-order chi connectivity index (χ1) is 9.78. The summed E-state index contributed by atoms with van der Waals surface area (Å²) >= 11 is 5.91. The van der Waals surface area contributed by atoms with Crippen molar-refractivity contribution in [3.05, 3.63) is 47.2 Å². The number of hydrogen-bond donors (Lipinski definition) is 3. The van der Waals surface area contributed by atoms with E-state index in [-0.39, 0.29) is 0 Å². The molecule has 0 bridgehead atoms. The molecule has 20 heavy (non-hydrogen) atoms. The van der Waals surface area contributed by atoms with Gasteiger partial charge in [-0.2, -0.15) is 15.4 Å². The summed E-state index contributed by atoms with van der Waals surface area (Å²) in [5.74, 6) is 0. The fraction of sp³-hybridized carbons (Fsp3) is 0.143. The smallest absolute Gasteiger partial charge is 0.122 e. The molecule has 0 aliphatic carbocycles. The summed E-state index contributed by atoms with van der Waals surface area (Å²) in [6, 6.07) is 9.63. The molecule has 0 saturated carbocycles. The van der Waals surface area contributed by atoms with Crippen LogP contribution in [0.25, 0.3) is 22.5 Å². The van der Waals surface area contributed by atoms with E-state index >= 15 is 0 Å². The van der Waals surface area contributed by atoms with Crippen LogP contribution in [0.5, 0.6) is 0 Å². The van der Waals surface area contributed by atoms with E-state index in [4.69, 9.17) is 11.6 Å². The monoisotopic (exact) mass is 287 g/mol. The van der Waals surface area contributed by atoms with E-state index in [1.165, 1.54) is 0 Å². The lowest BCUT2D eigenvalue weighted by Crippen LogP contribution is -2.04. The van der Waals surface area contributed by atoms with Crippen LogP contribution in [0.1, 0.15) is 5.69 Å². The number of nitrogens with zero attached hydrogens (tertiary/aromatic N) is 2. The molecule has 102 valence electrons. The van der Waals surface area contributed by atoms with Crippen molar-refractivity contribution in [1.82, 2.24) is 25.7 Å². The molecule has 3 N–H and O–H groups in total. The van der Waals surface area contributed by atoms with E-state index in [1.807, 2.05) is 37.5 Å². The molecule has 0 saturated heterocycles. The molecule has 3 aromatic rings. The number of aromatic amines is 2. The van der Waals surface area contributed by atoms with Crippen molar-refractivity contribution in [1.29, 1.82) is 0 Å². The molecular weight excluding hydrogens is 274 g/mol. The van der Waals surface area contributed by atoms with Crippen LogP contribution in [0.2, 0.25) is 5.02 Å². The quantitative estimate of drug-likeness (QED) is 0.691. The maximum atomic E-state index is 5.91. The zero-order valence-electron chi connectivity index (χ0n) is 10.9. The first kappa shape index (κ1) is 12.9. The van der Waals surface area contributed by atoms with Gasteiger partial charge in [0.1, 0.15) is 11.4 Å². The highest BCUT2D eigenvalue weighted by Gasteiger charge is 2.13. The normalized spacial score (nSPS) is 10.9. The molecular formula is C14H14ClN5. The number of rotatable bonds is 4. The molecule has 0 spiro atoms. The van der Waals surface area contributed by atoms with Gasteiger partial charge in [0.05, 0.1) is 0 Å². The fourth-order valence-corrected chi connectivity index (χ4v) is 2.24. The number of benzene rings is 1. The van der Waals surface area contributed by atoms with Gasteiger partial charge >= 0.3 is 0 Å². The Labute approximate surface area is 121 Å². The van der Waals surface area contributed by atoms with Gasteiger partial charge in [0, 0.05) is 34.6 Å². The van der Waals surface area contributed by atoms with Crippen LogP contribution in [0, 0.1) is 0 Å². The average Bonchev–Trinajstić information content (AvgIpc) is 3.08. The number of aromatic nitrogens is 4. The Bertz CT molecular complexity index is 698. The van der Waals surface area contributed by atoms with Crippen LogP contribution in [0.15, 0.2) is 36.5 Å². The van der Waals surface area contributed by atoms with Crippen molar-refractivity contribution in [3.63, 3.8) is 0 Å². The fourth-order valence-electron chi connectivity index (χ4n) is 2.11. The highest BCUT2D eigenvalue weighted by molar-refractivity contribution is 6.30. The molecule has 2 aromatic heterocycles. The van der Waals surface area contributed by atoms with Gasteiger partial charge in [0.2, 0.25) is 0 Å². The van der Waals surface area contributed by atoms with Crippen molar-refractivity contribution >= 4 is 11.6 Å². The minimum Gasteiger partial charge on any atom is -0.363 e. The Balaban J connectivity index is 1.98. The second-order valence-corrected chi connectivity index (χ2v) is 4.91. The standard InChI is InChI=1S/C14H14ClN5/c1-16-8-12-6-10(7-17-12)14-13(18-20-19-14)9-2-4-11(15)5-3-9/h2-7,16-17H,8H2,1H3,(H,18,19,20). The van der Waals surface area contributed by atoms with E-state index in [0.29, 0.717) is 5.02 Å². The van der Waals surface area contributed by atoms with E-state index in [1.54, 1.807) is 0 Å². The summed E-state index contributed by atoms with van der Waals surface area (Å²) in [6.45, 7) is 0.786. The molecule has 1 aromatic carbocycles. The van der Waals surface area contributed by atoms with Gasteiger partial charge in [-0.15, -0.1) is 0 Å². The molecule has 5 nitrogen and oxygen atoms in total. The van der Waals surface area contributed by atoms with Gasteiger partial charge in [-0.05, 0) is 25.2 Å². The van der Waals surface area contributed by atoms with Crippen molar-refractivity contribution in [3.8, 4) is 22.5 Å². The lowest BCUT2D eigenvalue weighted by atomic mass is 10.1. The third kappa shape index (κ3) is 2.45. The highest BCUT2D eigenvalue weighted by Crippen LogP contribution is 2.29. The van der Waals surface area contributed by atoms with Crippen LogP contribution < -0.4 is 5.32 Å². The summed E-state index contributed by atoms with van der Waals surface area (Å²) in [6.07, 6.45) is 1.93. The van der Waals surface area contributed by atoms with Gasteiger partial charge in [-0.1, -0.05) is 23.7 Å². The summed E-state index contributed by atoms with van der Waals surface area (Å²) < 4.78 is 0. The molecule has 0 atom stereocenters. The summed E-state index contributed by atoms with van der Waals surface area (Å²) in [4.78, 5) is 3.22. The molecule has 0 amide bonds. The molecule has 0 aliphatic heterocycles. The van der Waals surface area contributed by atoms with Crippen LogP contribution in [0.4, 0.5) is 0 Å². The predicted octanol–water partition coefficient (Wildman–Crippen LogP) is 2.84. The molecule has 0 fully saturated rings. The topological polar surface area (TPSA) is 69.4 Å². The van der Waals surface area contributed by atoms with E-state index in [2.05, 4.69) is 31.8 Å². The third-order valence-corrected chi connectivity index (χ3v) is 3.30. The summed E-state index contributed by atoms with van der Waals surface area (Å²) in [7, 11) is 1.91. The van der Waals surface area contributed by atoms with Crippen molar-refractivity contribution in [2.45, 2.75) is 6.54 Å². The minimum absolute atomic E-state index is 0.705. The second-order valence-electron chi connectivity index (χ2n) is 4.47. The lowest BCUT2D eigenvalue weighted by Gasteiger charge is -1.99. The number of hydrogen-bond acceptors (Lipinski definition) is 3. The van der Waals surface area contributed by atoms with E-state index in [0.717, 1.165) is 34.8 Å². The summed E-state index contributed by atoms with van der Waals surface area (Å²) in [5.41, 5.74) is 4.73. The van der Waals surface area contributed by atoms with Crippen molar-refractivity contribution in [2.75, 3.05) is 7.05 Å².